The van der Waals surface area contributed by atoms with Crippen LogP contribution in [-0.4, -0.2) is 23.2 Å². The van der Waals surface area contributed by atoms with Gasteiger partial charge >= 0.3 is 5.97 Å². The molecule has 0 fully saturated rings. The molecule has 1 aromatic heterocycles. The molecule has 0 aliphatic heterocycles. The van der Waals surface area contributed by atoms with Gasteiger partial charge in [-0.2, -0.15) is 0 Å². The molecular weight excluding hydrogens is 274 g/mol. The highest BCUT2D eigenvalue weighted by atomic mass is 32.1. The maximum atomic E-state index is 11.6. The number of fused-ring (bicyclic) bond motifs is 1. The van der Waals surface area contributed by atoms with Crippen molar-refractivity contribution in [3.63, 3.8) is 0 Å². The van der Waals surface area contributed by atoms with E-state index in [0.29, 0.717) is 0 Å². The van der Waals surface area contributed by atoms with Crippen molar-refractivity contribution in [3.8, 4) is 5.75 Å². The number of hydrogen-bond acceptors (Lipinski definition) is 5. The summed E-state index contributed by atoms with van der Waals surface area (Å²) >= 11 is 1.63. The number of phenols is 1. The first-order valence-corrected chi connectivity index (χ1v) is 7.42. The fraction of sp³-hybridized carbons (Fsp3) is 0.333. The molecule has 1 atom stereocenters. The molecule has 1 aliphatic carbocycles. The molecule has 0 radical (unpaired) electrons. The summed E-state index contributed by atoms with van der Waals surface area (Å²) in [4.78, 5) is 16.0. The van der Waals surface area contributed by atoms with Crippen molar-refractivity contribution in [1.29, 1.82) is 0 Å². The Morgan fingerprint density at radius 3 is 3.05 bits per heavy atom. The monoisotopic (exact) mass is 289 g/mol. The third kappa shape index (κ3) is 2.08. The highest BCUT2D eigenvalue weighted by molar-refractivity contribution is 7.09. The Morgan fingerprint density at radius 1 is 1.50 bits per heavy atom. The van der Waals surface area contributed by atoms with E-state index in [1.165, 1.54) is 7.11 Å². The second-order valence-electron chi connectivity index (χ2n) is 4.84. The Hall–Kier alpha value is -1.88. The van der Waals surface area contributed by atoms with Gasteiger partial charge in [-0.15, -0.1) is 11.3 Å². The van der Waals surface area contributed by atoms with Gasteiger partial charge in [0.1, 0.15) is 11.3 Å². The molecule has 1 heterocycles. The summed E-state index contributed by atoms with van der Waals surface area (Å²) in [7, 11) is 1.32. The third-order valence-corrected chi connectivity index (χ3v) is 4.66. The lowest BCUT2D eigenvalue weighted by molar-refractivity contribution is 0.0597. The van der Waals surface area contributed by atoms with Gasteiger partial charge in [0.2, 0.25) is 0 Å². The molecule has 2 aromatic rings. The molecule has 1 unspecified atom stereocenters. The first-order chi connectivity index (χ1) is 9.72. The lowest BCUT2D eigenvalue weighted by Crippen LogP contribution is -2.13. The average Bonchev–Trinajstić information content (AvgIpc) is 3.00. The lowest BCUT2D eigenvalue weighted by Gasteiger charge is -2.25. The van der Waals surface area contributed by atoms with Gasteiger partial charge in [-0.05, 0) is 36.5 Å². The Morgan fingerprint density at radius 2 is 2.35 bits per heavy atom. The van der Waals surface area contributed by atoms with Crippen LogP contribution in [0.15, 0.2) is 23.7 Å². The number of nitrogens with zero attached hydrogens (tertiary/aromatic N) is 1. The predicted octanol–water partition coefficient (Wildman–Crippen LogP) is 3.10. The maximum absolute atomic E-state index is 11.6. The minimum Gasteiger partial charge on any atom is -0.507 e. The summed E-state index contributed by atoms with van der Waals surface area (Å²) in [6, 6.07) is 3.57. The number of hydrogen-bond donors (Lipinski definition) is 1. The molecule has 104 valence electrons. The predicted molar refractivity (Wildman–Crippen MR) is 76.3 cm³/mol. The van der Waals surface area contributed by atoms with E-state index < -0.39 is 5.97 Å². The number of carbonyl (C=O) groups excluding carboxylic acids is 1. The number of esters is 1. The van der Waals surface area contributed by atoms with Gasteiger partial charge < -0.3 is 9.84 Å². The van der Waals surface area contributed by atoms with E-state index in [-0.39, 0.29) is 17.2 Å². The molecular formula is C15H15NO3S. The van der Waals surface area contributed by atoms with E-state index in [0.717, 1.165) is 35.4 Å². The first-order valence-electron chi connectivity index (χ1n) is 6.54. The summed E-state index contributed by atoms with van der Waals surface area (Å²) < 4.78 is 4.70. The number of aromatic hydroxyl groups is 1. The second-order valence-corrected chi connectivity index (χ2v) is 5.76. The molecule has 1 aliphatic rings. The summed E-state index contributed by atoms with van der Waals surface area (Å²) in [6.45, 7) is 0. The molecule has 0 bridgehead atoms. The number of ether oxygens (including phenoxy) is 1. The molecule has 1 aromatic carbocycles. The van der Waals surface area contributed by atoms with Gasteiger partial charge in [0.05, 0.1) is 12.1 Å². The van der Waals surface area contributed by atoms with Crippen molar-refractivity contribution in [2.75, 3.05) is 7.11 Å². The first kappa shape index (κ1) is 13.1. The number of aromatic nitrogens is 1. The van der Waals surface area contributed by atoms with Crippen molar-refractivity contribution in [3.05, 3.63) is 45.4 Å². The SMILES string of the molecule is COC(=O)c1ccc2c(c1O)CCCC2c1nccs1. The van der Waals surface area contributed by atoms with Crippen LogP contribution in [0.2, 0.25) is 0 Å². The van der Waals surface area contributed by atoms with Crippen LogP contribution in [0.3, 0.4) is 0 Å². The van der Waals surface area contributed by atoms with E-state index in [1.807, 2.05) is 11.4 Å². The van der Waals surface area contributed by atoms with Gasteiger partial charge in [0.15, 0.2) is 0 Å². The number of rotatable bonds is 2. The van der Waals surface area contributed by atoms with Crippen LogP contribution < -0.4 is 0 Å². The van der Waals surface area contributed by atoms with Crippen molar-refractivity contribution in [2.45, 2.75) is 25.2 Å². The lowest BCUT2D eigenvalue weighted by atomic mass is 9.81. The van der Waals surface area contributed by atoms with Gasteiger partial charge in [0.25, 0.3) is 0 Å². The summed E-state index contributed by atoms with van der Waals surface area (Å²) in [6.07, 6.45) is 4.60. The summed E-state index contributed by atoms with van der Waals surface area (Å²) in [5.74, 6) is -0.214. The number of benzene rings is 1. The molecule has 20 heavy (non-hydrogen) atoms. The van der Waals surface area contributed by atoms with Crippen LogP contribution in [0.5, 0.6) is 5.75 Å². The van der Waals surface area contributed by atoms with E-state index in [4.69, 9.17) is 4.74 Å². The topological polar surface area (TPSA) is 59.4 Å². The fourth-order valence-corrected chi connectivity index (χ4v) is 3.61. The molecule has 1 N–H and O–H groups in total. The van der Waals surface area contributed by atoms with Crippen molar-refractivity contribution >= 4 is 17.3 Å². The second kappa shape index (κ2) is 5.25. The van der Waals surface area contributed by atoms with Crippen LogP contribution in [0.25, 0.3) is 0 Å². The Kier molecular flexibility index (Phi) is 3.44. The molecule has 4 nitrogen and oxygen atoms in total. The van der Waals surface area contributed by atoms with E-state index in [1.54, 1.807) is 23.6 Å². The van der Waals surface area contributed by atoms with Crippen molar-refractivity contribution < 1.29 is 14.6 Å². The normalized spacial score (nSPS) is 17.6. The minimum atomic E-state index is -0.498. The fourth-order valence-electron chi connectivity index (χ4n) is 2.82. The van der Waals surface area contributed by atoms with Gasteiger partial charge in [-0.25, -0.2) is 9.78 Å². The highest BCUT2D eigenvalue weighted by Crippen LogP contribution is 2.41. The Labute approximate surface area is 121 Å². The molecule has 5 heteroatoms. The van der Waals surface area contributed by atoms with Gasteiger partial charge in [-0.3, -0.25) is 0 Å². The minimum absolute atomic E-state index is 0.0654. The van der Waals surface area contributed by atoms with E-state index in [9.17, 15) is 9.90 Å². The van der Waals surface area contributed by atoms with Crippen molar-refractivity contribution in [2.24, 2.45) is 0 Å². The van der Waals surface area contributed by atoms with E-state index >= 15 is 0 Å². The average molecular weight is 289 g/mol. The smallest absolute Gasteiger partial charge is 0.341 e. The zero-order valence-corrected chi connectivity index (χ0v) is 11.9. The largest absolute Gasteiger partial charge is 0.507 e. The number of phenolic OH excluding ortho intramolecular Hbond substituents is 1. The van der Waals surface area contributed by atoms with E-state index in [2.05, 4.69) is 4.98 Å². The van der Waals surface area contributed by atoms with Gasteiger partial charge in [-0.1, -0.05) is 6.07 Å². The Balaban J connectivity index is 2.08. The van der Waals surface area contributed by atoms with Gasteiger partial charge in [0, 0.05) is 17.5 Å². The van der Waals surface area contributed by atoms with Crippen LogP contribution in [0, 0.1) is 0 Å². The number of thiazole rings is 1. The number of methoxy groups -OCH3 is 1. The van der Waals surface area contributed by atoms with Crippen LogP contribution in [-0.2, 0) is 11.2 Å². The zero-order valence-electron chi connectivity index (χ0n) is 11.1. The molecule has 0 spiro atoms. The quantitative estimate of drug-likeness (QED) is 0.863. The summed E-state index contributed by atoms with van der Waals surface area (Å²) in [5, 5.41) is 13.4. The molecule has 0 saturated carbocycles. The standard InChI is InChI=1S/C15H15NO3S/c1-19-15(18)12-6-5-9-10(13(12)17)3-2-4-11(9)14-16-7-8-20-14/h5-8,11,17H,2-4H2,1H3. The van der Waals surface area contributed by atoms with Crippen LogP contribution in [0.1, 0.15) is 45.3 Å². The third-order valence-electron chi connectivity index (χ3n) is 3.77. The Bertz CT molecular complexity index is 637. The molecule has 0 amide bonds. The maximum Gasteiger partial charge on any atom is 0.341 e. The molecule has 3 rings (SSSR count). The highest BCUT2D eigenvalue weighted by Gasteiger charge is 2.28. The number of carbonyl (C=O) groups is 1. The zero-order chi connectivity index (χ0) is 14.1. The molecule has 0 saturated heterocycles. The van der Waals surface area contributed by atoms with Crippen LogP contribution in [0.4, 0.5) is 0 Å². The van der Waals surface area contributed by atoms with Crippen LogP contribution >= 0.6 is 11.3 Å². The summed E-state index contributed by atoms with van der Waals surface area (Å²) in [5.41, 5.74) is 2.18. The van der Waals surface area contributed by atoms with Crippen molar-refractivity contribution in [1.82, 2.24) is 4.98 Å².